The molecule has 0 aliphatic carbocycles. The number of halogens is 1. The molecule has 0 bridgehead atoms. The minimum atomic E-state index is -0.906. The Hall–Kier alpha value is -2.76. The van der Waals surface area contributed by atoms with E-state index in [0.717, 1.165) is 33.8 Å². The third-order valence-electron chi connectivity index (χ3n) is 5.14. The van der Waals surface area contributed by atoms with Gasteiger partial charge in [-0.25, -0.2) is 4.79 Å². The number of rotatable bonds is 8. The molecule has 2 aromatic carbocycles. The zero-order valence-corrected chi connectivity index (χ0v) is 17.6. The van der Waals surface area contributed by atoms with Crippen LogP contribution in [0.1, 0.15) is 38.4 Å². The Bertz CT molecular complexity index is 1010. The third-order valence-corrected chi connectivity index (χ3v) is 5.38. The molecule has 29 heavy (non-hydrogen) atoms. The Morgan fingerprint density at radius 2 is 1.79 bits per heavy atom. The number of hydrogen-bond donors (Lipinski definition) is 2. The van der Waals surface area contributed by atoms with E-state index in [4.69, 9.17) is 16.3 Å². The van der Waals surface area contributed by atoms with Gasteiger partial charge >= 0.3 is 5.97 Å². The van der Waals surface area contributed by atoms with Crippen LogP contribution in [-0.2, 0) is 19.6 Å². The van der Waals surface area contributed by atoms with Crippen molar-refractivity contribution < 1.29 is 14.6 Å². The molecule has 0 saturated carbocycles. The summed E-state index contributed by atoms with van der Waals surface area (Å²) in [5.41, 5.74) is 5.01. The molecular formula is C23H25ClN2O3. The maximum absolute atomic E-state index is 11.9. The highest BCUT2D eigenvalue weighted by molar-refractivity contribution is 6.30. The van der Waals surface area contributed by atoms with Crippen LogP contribution in [-0.4, -0.2) is 22.8 Å². The van der Waals surface area contributed by atoms with Gasteiger partial charge < -0.3 is 19.7 Å². The molecule has 0 aliphatic rings. The standard InChI is InChI=1S/C23H25ClN2O3/c1-15-21(13-25-12-17-7-9-20(29-3)10-8-17)22(23(27)28)16(2)26(15)14-18-5-4-6-19(24)11-18/h4-11,25H,12-14H2,1-3H3,(H,27,28). The number of aromatic carboxylic acids is 1. The van der Waals surface area contributed by atoms with Crippen molar-refractivity contribution in [3.8, 4) is 5.75 Å². The summed E-state index contributed by atoms with van der Waals surface area (Å²) in [6.45, 7) is 5.52. The number of methoxy groups -OCH3 is 1. The fraction of sp³-hybridized carbons (Fsp3) is 0.261. The number of aromatic nitrogens is 1. The third kappa shape index (κ3) is 4.81. The molecule has 0 amide bonds. The first-order chi connectivity index (χ1) is 13.9. The molecule has 3 rings (SSSR count). The van der Waals surface area contributed by atoms with Crippen molar-refractivity contribution in [2.75, 3.05) is 7.11 Å². The maximum Gasteiger partial charge on any atom is 0.337 e. The monoisotopic (exact) mass is 412 g/mol. The van der Waals surface area contributed by atoms with Gasteiger partial charge in [0.2, 0.25) is 0 Å². The molecule has 0 unspecified atom stereocenters. The zero-order valence-electron chi connectivity index (χ0n) is 16.8. The van der Waals surface area contributed by atoms with Crippen LogP contribution >= 0.6 is 11.6 Å². The predicted molar refractivity (Wildman–Crippen MR) is 115 cm³/mol. The second-order valence-electron chi connectivity index (χ2n) is 7.00. The van der Waals surface area contributed by atoms with Gasteiger partial charge in [-0.05, 0) is 49.2 Å². The van der Waals surface area contributed by atoms with E-state index in [1.807, 2.05) is 66.9 Å². The molecule has 0 spiro atoms. The number of ether oxygens (including phenoxy) is 1. The van der Waals surface area contributed by atoms with Crippen molar-refractivity contribution in [3.63, 3.8) is 0 Å². The second kappa shape index (κ2) is 9.16. The van der Waals surface area contributed by atoms with Gasteiger partial charge in [0.15, 0.2) is 0 Å². The topological polar surface area (TPSA) is 63.5 Å². The Kier molecular flexibility index (Phi) is 6.62. The van der Waals surface area contributed by atoms with Crippen molar-refractivity contribution in [1.82, 2.24) is 9.88 Å². The lowest BCUT2D eigenvalue weighted by atomic mass is 10.1. The average Bonchev–Trinajstić information content (AvgIpc) is 2.93. The van der Waals surface area contributed by atoms with Crippen LogP contribution in [0.3, 0.4) is 0 Å². The van der Waals surface area contributed by atoms with Crippen molar-refractivity contribution in [3.05, 3.63) is 87.2 Å². The van der Waals surface area contributed by atoms with E-state index in [0.29, 0.717) is 30.2 Å². The number of hydrogen-bond acceptors (Lipinski definition) is 3. The van der Waals surface area contributed by atoms with Gasteiger partial charge in [0.05, 0.1) is 12.7 Å². The summed E-state index contributed by atoms with van der Waals surface area (Å²) in [6, 6.07) is 15.4. The molecule has 0 saturated heterocycles. The van der Waals surface area contributed by atoms with Crippen LogP contribution in [0.4, 0.5) is 0 Å². The Balaban J connectivity index is 1.80. The van der Waals surface area contributed by atoms with Crippen LogP contribution in [0, 0.1) is 13.8 Å². The van der Waals surface area contributed by atoms with Gasteiger partial charge in [-0.1, -0.05) is 35.9 Å². The number of nitrogens with zero attached hydrogens (tertiary/aromatic N) is 1. The minimum Gasteiger partial charge on any atom is -0.497 e. The summed E-state index contributed by atoms with van der Waals surface area (Å²) in [5, 5.41) is 13.8. The molecule has 0 fully saturated rings. The van der Waals surface area contributed by atoms with E-state index in [2.05, 4.69) is 5.32 Å². The quantitative estimate of drug-likeness (QED) is 0.557. The molecular weight excluding hydrogens is 388 g/mol. The molecule has 0 radical (unpaired) electrons. The molecule has 5 nitrogen and oxygen atoms in total. The molecule has 0 aliphatic heterocycles. The largest absolute Gasteiger partial charge is 0.497 e. The van der Waals surface area contributed by atoms with Gasteiger partial charge in [0.25, 0.3) is 0 Å². The average molecular weight is 413 g/mol. The zero-order chi connectivity index (χ0) is 21.0. The van der Waals surface area contributed by atoms with E-state index in [-0.39, 0.29) is 0 Å². The first-order valence-electron chi connectivity index (χ1n) is 9.40. The molecule has 1 heterocycles. The van der Waals surface area contributed by atoms with Crippen molar-refractivity contribution >= 4 is 17.6 Å². The molecule has 2 N–H and O–H groups in total. The summed E-state index contributed by atoms with van der Waals surface area (Å²) in [4.78, 5) is 11.9. The van der Waals surface area contributed by atoms with Crippen molar-refractivity contribution in [1.29, 1.82) is 0 Å². The van der Waals surface area contributed by atoms with Crippen LogP contribution in [0.15, 0.2) is 48.5 Å². The Labute approximate surface area is 175 Å². The van der Waals surface area contributed by atoms with E-state index in [1.165, 1.54) is 0 Å². The summed E-state index contributed by atoms with van der Waals surface area (Å²) < 4.78 is 7.22. The second-order valence-corrected chi connectivity index (χ2v) is 7.43. The Morgan fingerprint density at radius 3 is 2.41 bits per heavy atom. The number of nitrogens with one attached hydrogen (secondary N) is 1. The van der Waals surface area contributed by atoms with Crippen molar-refractivity contribution in [2.24, 2.45) is 0 Å². The first kappa shape index (κ1) is 21.0. The lowest BCUT2D eigenvalue weighted by Crippen LogP contribution is -2.15. The normalized spacial score (nSPS) is 10.9. The summed E-state index contributed by atoms with van der Waals surface area (Å²) in [5.74, 6) is -0.0943. The van der Waals surface area contributed by atoms with E-state index < -0.39 is 5.97 Å². The molecule has 1 aromatic heterocycles. The smallest absolute Gasteiger partial charge is 0.337 e. The number of carbonyl (C=O) groups is 1. The van der Waals surface area contributed by atoms with Gasteiger partial charge in [-0.15, -0.1) is 0 Å². The van der Waals surface area contributed by atoms with Crippen LogP contribution in [0.25, 0.3) is 0 Å². The van der Waals surface area contributed by atoms with E-state index >= 15 is 0 Å². The number of carboxylic acids is 1. The fourth-order valence-electron chi connectivity index (χ4n) is 3.58. The van der Waals surface area contributed by atoms with Crippen LogP contribution in [0.5, 0.6) is 5.75 Å². The molecule has 152 valence electrons. The summed E-state index contributed by atoms with van der Waals surface area (Å²) in [7, 11) is 1.64. The van der Waals surface area contributed by atoms with Gasteiger partial charge in [-0.3, -0.25) is 0 Å². The van der Waals surface area contributed by atoms with Gasteiger partial charge in [0, 0.05) is 41.6 Å². The summed E-state index contributed by atoms with van der Waals surface area (Å²) in [6.07, 6.45) is 0. The number of benzene rings is 2. The van der Waals surface area contributed by atoms with Crippen molar-refractivity contribution in [2.45, 2.75) is 33.5 Å². The maximum atomic E-state index is 11.9. The van der Waals surface area contributed by atoms with Gasteiger partial charge in [-0.2, -0.15) is 0 Å². The van der Waals surface area contributed by atoms with Gasteiger partial charge in [0.1, 0.15) is 5.75 Å². The van der Waals surface area contributed by atoms with Crippen LogP contribution in [0.2, 0.25) is 5.02 Å². The lowest BCUT2D eigenvalue weighted by molar-refractivity contribution is 0.0694. The predicted octanol–water partition coefficient (Wildman–Crippen LogP) is 4.80. The molecule has 6 heteroatoms. The lowest BCUT2D eigenvalue weighted by Gasteiger charge is -2.11. The fourth-order valence-corrected chi connectivity index (χ4v) is 3.79. The first-order valence-corrected chi connectivity index (χ1v) is 9.78. The van der Waals surface area contributed by atoms with E-state index in [1.54, 1.807) is 7.11 Å². The molecule has 3 aromatic rings. The summed E-state index contributed by atoms with van der Waals surface area (Å²) >= 11 is 6.10. The minimum absolute atomic E-state index is 0.367. The number of carboxylic acid groups (broad SMARTS) is 1. The highest BCUT2D eigenvalue weighted by Gasteiger charge is 2.22. The highest BCUT2D eigenvalue weighted by Crippen LogP contribution is 2.25. The Morgan fingerprint density at radius 1 is 1.07 bits per heavy atom. The SMILES string of the molecule is COc1ccc(CNCc2c(C(=O)O)c(C)n(Cc3cccc(Cl)c3)c2C)cc1. The van der Waals surface area contributed by atoms with Crippen LogP contribution < -0.4 is 10.1 Å². The highest BCUT2D eigenvalue weighted by atomic mass is 35.5. The molecule has 0 atom stereocenters. The van der Waals surface area contributed by atoms with E-state index in [9.17, 15) is 9.90 Å².